The number of hydrogen-bond donors (Lipinski definition) is 1. The summed E-state index contributed by atoms with van der Waals surface area (Å²) in [4.78, 5) is 2.39. The van der Waals surface area contributed by atoms with Gasteiger partial charge in [0.25, 0.3) is 0 Å². The summed E-state index contributed by atoms with van der Waals surface area (Å²) in [6.45, 7) is 10.3. The molecule has 0 aromatic heterocycles. The highest BCUT2D eigenvalue weighted by molar-refractivity contribution is 4.78. The van der Waals surface area contributed by atoms with Crippen molar-refractivity contribution in [2.24, 2.45) is 5.92 Å². The molecule has 1 saturated heterocycles. The number of hydrogen-bond acceptors (Lipinski definition) is 4. The van der Waals surface area contributed by atoms with Crippen LogP contribution in [0.3, 0.4) is 0 Å². The van der Waals surface area contributed by atoms with E-state index in [-0.39, 0.29) is 12.4 Å². The molecule has 1 fully saturated rings. The molecule has 1 aliphatic heterocycles. The lowest BCUT2D eigenvalue weighted by atomic mass is 10.0. The highest BCUT2D eigenvalue weighted by atomic mass is 16.7. The Morgan fingerprint density at radius 3 is 2.41 bits per heavy atom. The third kappa shape index (κ3) is 5.34. The van der Waals surface area contributed by atoms with Crippen LogP contribution in [0.5, 0.6) is 0 Å². The Balaban J connectivity index is 2.21. The van der Waals surface area contributed by atoms with Gasteiger partial charge < -0.3 is 19.5 Å². The fourth-order valence-electron chi connectivity index (χ4n) is 2.33. The molecule has 0 aliphatic carbocycles. The number of likely N-dealkylation sites (tertiary alicyclic amines) is 1. The van der Waals surface area contributed by atoms with Gasteiger partial charge in [-0.25, -0.2) is 0 Å². The monoisotopic (exact) mass is 245 g/mol. The van der Waals surface area contributed by atoms with Crippen LogP contribution < -0.4 is 0 Å². The highest BCUT2D eigenvalue weighted by Gasteiger charge is 2.26. The average Bonchev–Trinajstić information content (AvgIpc) is 2.75. The second-order valence-corrected chi connectivity index (χ2v) is 4.72. The number of nitrogens with zero attached hydrogens (tertiary/aromatic N) is 1. The lowest BCUT2D eigenvalue weighted by molar-refractivity contribution is -0.141. The summed E-state index contributed by atoms with van der Waals surface area (Å²) < 4.78 is 11.0. The van der Waals surface area contributed by atoms with Crippen molar-refractivity contribution in [3.8, 4) is 0 Å². The van der Waals surface area contributed by atoms with E-state index in [1.54, 1.807) is 0 Å². The molecule has 2 unspecified atom stereocenters. The van der Waals surface area contributed by atoms with E-state index in [1.807, 2.05) is 20.8 Å². The normalized spacial score (nSPS) is 23.5. The minimum atomic E-state index is -0.186. The Labute approximate surface area is 105 Å². The van der Waals surface area contributed by atoms with Gasteiger partial charge >= 0.3 is 0 Å². The molecule has 0 aromatic rings. The van der Waals surface area contributed by atoms with E-state index in [2.05, 4.69) is 4.90 Å². The van der Waals surface area contributed by atoms with Crippen LogP contribution in [-0.2, 0) is 9.47 Å². The zero-order valence-corrected chi connectivity index (χ0v) is 11.4. The van der Waals surface area contributed by atoms with Gasteiger partial charge in [-0.2, -0.15) is 0 Å². The van der Waals surface area contributed by atoms with E-state index in [0.717, 1.165) is 32.5 Å². The van der Waals surface area contributed by atoms with Gasteiger partial charge in [-0.3, -0.25) is 0 Å². The average molecular weight is 245 g/mol. The van der Waals surface area contributed by atoms with Crippen molar-refractivity contribution in [2.75, 3.05) is 32.8 Å². The number of ether oxygens (including phenoxy) is 2. The Hall–Kier alpha value is -0.160. The molecule has 4 heteroatoms. The van der Waals surface area contributed by atoms with Gasteiger partial charge in [-0.05, 0) is 39.7 Å². The molecular formula is C13H27NO3. The Morgan fingerprint density at radius 2 is 1.94 bits per heavy atom. The number of aliphatic hydroxyl groups is 1. The third-order valence-electron chi connectivity index (χ3n) is 3.38. The van der Waals surface area contributed by atoms with E-state index in [4.69, 9.17) is 9.47 Å². The summed E-state index contributed by atoms with van der Waals surface area (Å²) in [6.07, 6.45) is 1.75. The van der Waals surface area contributed by atoms with Crippen LogP contribution >= 0.6 is 0 Å². The molecule has 102 valence electrons. The molecule has 1 heterocycles. The summed E-state index contributed by atoms with van der Waals surface area (Å²) >= 11 is 0. The maximum atomic E-state index is 9.54. The molecule has 0 bridgehead atoms. The molecule has 0 saturated carbocycles. The second kappa shape index (κ2) is 8.03. The van der Waals surface area contributed by atoms with Crippen molar-refractivity contribution in [2.45, 2.75) is 46.0 Å². The predicted octanol–water partition coefficient (Wildman–Crippen LogP) is 1.48. The SMILES string of the molecule is CCOC(CCN1CCC(C(C)O)C1)OCC. The van der Waals surface area contributed by atoms with Crippen molar-refractivity contribution in [3.63, 3.8) is 0 Å². The lowest BCUT2D eigenvalue weighted by Crippen LogP contribution is -2.29. The standard InChI is InChI=1S/C13H27NO3/c1-4-16-13(17-5-2)7-9-14-8-6-12(10-14)11(3)15/h11-13,15H,4-10H2,1-3H3. The molecule has 1 aliphatic rings. The predicted molar refractivity (Wildman–Crippen MR) is 67.9 cm³/mol. The molecule has 0 radical (unpaired) electrons. The van der Waals surface area contributed by atoms with Crippen molar-refractivity contribution in [1.29, 1.82) is 0 Å². The van der Waals surface area contributed by atoms with Crippen LogP contribution in [0.25, 0.3) is 0 Å². The second-order valence-electron chi connectivity index (χ2n) is 4.72. The lowest BCUT2D eigenvalue weighted by Gasteiger charge is -2.21. The molecule has 1 N–H and O–H groups in total. The van der Waals surface area contributed by atoms with Gasteiger partial charge in [0.15, 0.2) is 6.29 Å². The fraction of sp³-hybridized carbons (Fsp3) is 1.00. The van der Waals surface area contributed by atoms with E-state index >= 15 is 0 Å². The van der Waals surface area contributed by atoms with E-state index in [0.29, 0.717) is 19.1 Å². The van der Waals surface area contributed by atoms with Crippen molar-refractivity contribution in [1.82, 2.24) is 4.90 Å². The Bertz CT molecular complexity index is 193. The molecule has 0 amide bonds. The largest absolute Gasteiger partial charge is 0.393 e. The molecule has 0 aromatic carbocycles. The van der Waals surface area contributed by atoms with Gasteiger partial charge in [0.1, 0.15) is 0 Å². The van der Waals surface area contributed by atoms with E-state index in [9.17, 15) is 5.11 Å². The van der Waals surface area contributed by atoms with Gasteiger partial charge in [0.2, 0.25) is 0 Å². The number of aliphatic hydroxyl groups excluding tert-OH is 1. The molecule has 2 atom stereocenters. The summed E-state index contributed by atoms with van der Waals surface area (Å²) in [5.41, 5.74) is 0. The smallest absolute Gasteiger partial charge is 0.158 e. The number of rotatable bonds is 8. The maximum absolute atomic E-state index is 9.54. The summed E-state index contributed by atoms with van der Waals surface area (Å²) in [6, 6.07) is 0. The Kier molecular flexibility index (Phi) is 7.04. The fourth-order valence-corrected chi connectivity index (χ4v) is 2.33. The van der Waals surface area contributed by atoms with E-state index in [1.165, 1.54) is 0 Å². The van der Waals surface area contributed by atoms with Crippen LogP contribution in [0.2, 0.25) is 0 Å². The van der Waals surface area contributed by atoms with Crippen LogP contribution in [0.15, 0.2) is 0 Å². The zero-order valence-electron chi connectivity index (χ0n) is 11.4. The third-order valence-corrected chi connectivity index (χ3v) is 3.38. The van der Waals surface area contributed by atoms with Crippen LogP contribution in [-0.4, -0.2) is 55.2 Å². The van der Waals surface area contributed by atoms with Crippen molar-refractivity contribution < 1.29 is 14.6 Å². The summed E-state index contributed by atoms with van der Waals surface area (Å²) in [5.74, 6) is 0.438. The van der Waals surface area contributed by atoms with Crippen LogP contribution in [0.4, 0.5) is 0 Å². The first-order chi connectivity index (χ1) is 8.17. The zero-order chi connectivity index (χ0) is 12.7. The van der Waals surface area contributed by atoms with Crippen LogP contribution in [0, 0.1) is 5.92 Å². The molecule has 17 heavy (non-hydrogen) atoms. The minimum Gasteiger partial charge on any atom is -0.393 e. The maximum Gasteiger partial charge on any atom is 0.158 e. The van der Waals surface area contributed by atoms with E-state index < -0.39 is 0 Å². The van der Waals surface area contributed by atoms with Gasteiger partial charge in [0.05, 0.1) is 6.10 Å². The van der Waals surface area contributed by atoms with Gasteiger partial charge in [0, 0.05) is 32.7 Å². The highest BCUT2D eigenvalue weighted by Crippen LogP contribution is 2.20. The Morgan fingerprint density at radius 1 is 1.29 bits per heavy atom. The van der Waals surface area contributed by atoms with Crippen LogP contribution in [0.1, 0.15) is 33.6 Å². The molecule has 4 nitrogen and oxygen atoms in total. The molecular weight excluding hydrogens is 218 g/mol. The minimum absolute atomic E-state index is 0.0735. The summed E-state index contributed by atoms with van der Waals surface area (Å²) in [5, 5.41) is 9.54. The summed E-state index contributed by atoms with van der Waals surface area (Å²) in [7, 11) is 0. The molecule has 0 spiro atoms. The quantitative estimate of drug-likeness (QED) is 0.658. The van der Waals surface area contributed by atoms with Gasteiger partial charge in [-0.15, -0.1) is 0 Å². The first-order valence-electron chi connectivity index (χ1n) is 6.81. The first kappa shape index (κ1) is 14.9. The first-order valence-corrected chi connectivity index (χ1v) is 6.81. The van der Waals surface area contributed by atoms with Crippen molar-refractivity contribution >= 4 is 0 Å². The van der Waals surface area contributed by atoms with Gasteiger partial charge in [-0.1, -0.05) is 0 Å². The topological polar surface area (TPSA) is 41.9 Å². The van der Waals surface area contributed by atoms with Crippen molar-refractivity contribution in [3.05, 3.63) is 0 Å². The molecule has 1 rings (SSSR count).